The van der Waals surface area contributed by atoms with Gasteiger partial charge in [-0.05, 0) is 56.2 Å². The van der Waals surface area contributed by atoms with Crippen LogP contribution in [0.25, 0.3) is 0 Å². The van der Waals surface area contributed by atoms with Crippen molar-refractivity contribution in [2.45, 2.75) is 36.9 Å². The number of thioether (sulfide) groups is 1. The Hall–Kier alpha value is -3.12. The number of carbonyl (C=O) groups is 2. The fraction of sp³-hybridized carbons (Fsp3) is 0.259. The number of para-hydroxylation sites is 1. The van der Waals surface area contributed by atoms with Gasteiger partial charge in [0, 0.05) is 22.4 Å². The number of amides is 2. The molecule has 2 heterocycles. The lowest BCUT2D eigenvalue weighted by Crippen LogP contribution is -2.50. The average Bonchev–Trinajstić information content (AvgIpc) is 3.21. The smallest absolute Gasteiger partial charge is 0.268 e. The molecule has 0 bridgehead atoms. The summed E-state index contributed by atoms with van der Waals surface area (Å²) < 4.78 is 13.6. The molecule has 0 saturated carbocycles. The minimum atomic E-state index is -1.19. The molecule has 1 atom stereocenters. The summed E-state index contributed by atoms with van der Waals surface area (Å²) in [4.78, 5) is 30.2. The van der Waals surface area contributed by atoms with Crippen LogP contribution in [0.15, 0.2) is 72.8 Å². The van der Waals surface area contributed by atoms with Crippen LogP contribution in [0.3, 0.4) is 0 Å². The lowest BCUT2D eigenvalue weighted by Gasteiger charge is -2.33. The standard InChI is InChI=1S/C27H25FN2O2S/c1-18-9-4-5-10-20(18)16-29-23-14-7-6-13-22(23)27(25(29)32)30(17-26(2,3)33-27)24(31)19-11-8-12-21(28)15-19/h4-15H,16-17H2,1-3H3/t27-/m0/s1. The summed E-state index contributed by atoms with van der Waals surface area (Å²) in [5, 5.41) is 0. The second-order valence-corrected chi connectivity index (χ2v) is 11.1. The van der Waals surface area contributed by atoms with Gasteiger partial charge >= 0.3 is 0 Å². The number of hydrogen-bond acceptors (Lipinski definition) is 3. The maximum absolute atomic E-state index is 14.2. The molecule has 1 saturated heterocycles. The largest absolute Gasteiger partial charge is 0.310 e. The molecule has 33 heavy (non-hydrogen) atoms. The average molecular weight is 461 g/mol. The Morgan fingerprint density at radius 1 is 1.03 bits per heavy atom. The molecular formula is C27H25FN2O2S. The second-order valence-electron chi connectivity index (χ2n) is 9.24. The Balaban J connectivity index is 1.64. The van der Waals surface area contributed by atoms with Crippen LogP contribution in [0.4, 0.5) is 10.1 Å². The van der Waals surface area contributed by atoms with E-state index in [1.165, 1.54) is 30.0 Å². The molecule has 3 aromatic carbocycles. The first kappa shape index (κ1) is 21.7. The molecular weight excluding hydrogens is 435 g/mol. The van der Waals surface area contributed by atoms with Crippen molar-refractivity contribution in [3.63, 3.8) is 0 Å². The number of anilines is 1. The third-order valence-corrected chi connectivity index (χ3v) is 7.94. The first-order chi connectivity index (χ1) is 15.7. The molecule has 2 aliphatic rings. The van der Waals surface area contributed by atoms with Crippen molar-refractivity contribution < 1.29 is 14.0 Å². The van der Waals surface area contributed by atoms with Gasteiger partial charge in [-0.3, -0.25) is 9.59 Å². The Labute approximate surface area is 197 Å². The topological polar surface area (TPSA) is 40.6 Å². The molecule has 168 valence electrons. The van der Waals surface area contributed by atoms with E-state index in [0.29, 0.717) is 13.1 Å². The maximum Gasteiger partial charge on any atom is 0.268 e. The lowest BCUT2D eigenvalue weighted by molar-refractivity contribution is -0.123. The summed E-state index contributed by atoms with van der Waals surface area (Å²) in [5.41, 5.74) is 4.03. The van der Waals surface area contributed by atoms with E-state index >= 15 is 0 Å². The zero-order chi connectivity index (χ0) is 23.4. The minimum Gasteiger partial charge on any atom is -0.310 e. The molecule has 0 radical (unpaired) electrons. The monoisotopic (exact) mass is 460 g/mol. The quantitative estimate of drug-likeness (QED) is 0.518. The number of hydrogen-bond donors (Lipinski definition) is 0. The van der Waals surface area contributed by atoms with Gasteiger partial charge in [0.1, 0.15) is 5.82 Å². The molecule has 0 unspecified atom stereocenters. The highest BCUT2D eigenvalue weighted by Crippen LogP contribution is 2.60. The van der Waals surface area contributed by atoms with Gasteiger partial charge in [0.05, 0.1) is 12.2 Å². The van der Waals surface area contributed by atoms with Gasteiger partial charge in [-0.25, -0.2) is 4.39 Å². The number of rotatable bonds is 3. The summed E-state index contributed by atoms with van der Waals surface area (Å²) in [6, 6.07) is 21.4. The maximum atomic E-state index is 14.2. The van der Waals surface area contributed by atoms with Crippen LogP contribution in [0, 0.1) is 12.7 Å². The third-order valence-electron chi connectivity index (χ3n) is 6.34. The van der Waals surface area contributed by atoms with Crippen LogP contribution in [0.1, 0.15) is 40.9 Å². The van der Waals surface area contributed by atoms with Crippen molar-refractivity contribution in [3.05, 3.63) is 101 Å². The molecule has 0 aliphatic carbocycles. The van der Waals surface area contributed by atoms with Gasteiger partial charge in [0.2, 0.25) is 0 Å². The summed E-state index contributed by atoms with van der Waals surface area (Å²) in [6.07, 6.45) is 0. The van der Waals surface area contributed by atoms with Gasteiger partial charge in [-0.1, -0.05) is 48.5 Å². The molecule has 0 N–H and O–H groups in total. The SMILES string of the molecule is Cc1ccccc1CN1C(=O)[C@@]2(SC(C)(C)CN2C(=O)c2cccc(F)c2)c2ccccc21. The second kappa shape index (κ2) is 7.73. The van der Waals surface area contributed by atoms with E-state index in [4.69, 9.17) is 0 Å². The summed E-state index contributed by atoms with van der Waals surface area (Å²) in [6.45, 7) is 6.92. The number of halogens is 1. The molecule has 1 fully saturated rings. The highest BCUT2D eigenvalue weighted by molar-refractivity contribution is 8.02. The Kier molecular flexibility index (Phi) is 5.09. The Morgan fingerprint density at radius 3 is 2.52 bits per heavy atom. The molecule has 3 aromatic rings. The Bertz CT molecular complexity index is 1270. The molecule has 6 heteroatoms. The first-order valence-electron chi connectivity index (χ1n) is 11.0. The number of nitrogens with zero attached hydrogens (tertiary/aromatic N) is 2. The van der Waals surface area contributed by atoms with Crippen LogP contribution in [-0.2, 0) is 16.2 Å². The molecule has 5 rings (SSSR count). The predicted molar refractivity (Wildman–Crippen MR) is 130 cm³/mol. The van der Waals surface area contributed by atoms with E-state index in [9.17, 15) is 14.0 Å². The summed E-state index contributed by atoms with van der Waals surface area (Å²) in [7, 11) is 0. The van der Waals surface area contributed by atoms with Crippen molar-refractivity contribution in [2.24, 2.45) is 0 Å². The lowest BCUT2D eigenvalue weighted by atomic mass is 10.0. The zero-order valence-corrected chi connectivity index (χ0v) is 19.7. The number of aryl methyl sites for hydroxylation is 1. The van der Waals surface area contributed by atoms with Gasteiger partial charge in [0.15, 0.2) is 4.87 Å². The molecule has 4 nitrogen and oxygen atoms in total. The van der Waals surface area contributed by atoms with E-state index in [2.05, 4.69) is 0 Å². The number of benzene rings is 3. The summed E-state index contributed by atoms with van der Waals surface area (Å²) >= 11 is 1.50. The van der Waals surface area contributed by atoms with E-state index in [0.717, 1.165) is 22.4 Å². The summed E-state index contributed by atoms with van der Waals surface area (Å²) in [5.74, 6) is -0.943. The highest BCUT2D eigenvalue weighted by Gasteiger charge is 2.63. The molecule has 0 aromatic heterocycles. The van der Waals surface area contributed by atoms with E-state index < -0.39 is 10.7 Å². The Morgan fingerprint density at radius 2 is 1.76 bits per heavy atom. The fourth-order valence-electron chi connectivity index (χ4n) is 4.85. The van der Waals surface area contributed by atoms with Gasteiger partial charge in [-0.15, -0.1) is 11.8 Å². The predicted octanol–water partition coefficient (Wildman–Crippen LogP) is 5.50. The van der Waals surface area contributed by atoms with E-state index in [1.54, 1.807) is 15.9 Å². The van der Waals surface area contributed by atoms with Gasteiger partial charge in [0.25, 0.3) is 11.8 Å². The third kappa shape index (κ3) is 3.44. The minimum absolute atomic E-state index is 0.132. The number of carbonyl (C=O) groups excluding carboxylic acids is 2. The van der Waals surface area contributed by atoms with Gasteiger partial charge in [-0.2, -0.15) is 0 Å². The van der Waals surface area contributed by atoms with Crippen LogP contribution < -0.4 is 4.90 Å². The molecule has 2 aliphatic heterocycles. The van der Waals surface area contributed by atoms with Crippen LogP contribution in [0.5, 0.6) is 0 Å². The van der Waals surface area contributed by atoms with E-state index in [1.807, 2.05) is 69.3 Å². The van der Waals surface area contributed by atoms with Gasteiger partial charge < -0.3 is 9.80 Å². The van der Waals surface area contributed by atoms with Crippen LogP contribution >= 0.6 is 11.8 Å². The highest BCUT2D eigenvalue weighted by atomic mass is 32.2. The fourth-order valence-corrected chi connectivity index (χ4v) is 6.58. The van der Waals surface area contributed by atoms with Crippen molar-refractivity contribution in [1.29, 1.82) is 0 Å². The first-order valence-corrected chi connectivity index (χ1v) is 11.8. The molecule has 2 amide bonds. The van der Waals surface area contributed by atoms with Crippen molar-refractivity contribution in [2.75, 3.05) is 11.4 Å². The van der Waals surface area contributed by atoms with Crippen LogP contribution in [0.2, 0.25) is 0 Å². The number of fused-ring (bicyclic) bond motifs is 2. The van der Waals surface area contributed by atoms with Crippen LogP contribution in [-0.4, -0.2) is 28.0 Å². The molecule has 1 spiro atoms. The zero-order valence-electron chi connectivity index (χ0n) is 18.8. The van der Waals surface area contributed by atoms with Crippen molar-refractivity contribution >= 4 is 29.3 Å². The van der Waals surface area contributed by atoms with Crippen molar-refractivity contribution in [3.8, 4) is 0 Å². The normalized spacial score (nSPS) is 21.0. The van der Waals surface area contributed by atoms with Crippen molar-refractivity contribution in [1.82, 2.24) is 4.90 Å². The van der Waals surface area contributed by atoms with E-state index in [-0.39, 0.29) is 22.1 Å².